The van der Waals surface area contributed by atoms with Crippen LogP contribution in [-0.4, -0.2) is 31.6 Å². The molecule has 0 saturated heterocycles. The van der Waals surface area contributed by atoms with Gasteiger partial charge in [0, 0.05) is 37.4 Å². The zero-order chi connectivity index (χ0) is 24.3. The van der Waals surface area contributed by atoms with Gasteiger partial charge < -0.3 is 15.4 Å². The van der Waals surface area contributed by atoms with Crippen LogP contribution >= 0.6 is 0 Å². The summed E-state index contributed by atoms with van der Waals surface area (Å²) in [5, 5.41) is 6.61. The third kappa shape index (κ3) is 5.02. The van der Waals surface area contributed by atoms with Crippen LogP contribution in [0.1, 0.15) is 57.2 Å². The maximum Gasteiger partial charge on any atom is 0.322 e. The molecule has 0 radical (unpaired) electrons. The van der Waals surface area contributed by atoms with E-state index in [0.717, 1.165) is 41.0 Å². The van der Waals surface area contributed by atoms with E-state index in [-0.39, 0.29) is 17.2 Å². The van der Waals surface area contributed by atoms with Crippen LogP contribution in [0.5, 0.6) is 0 Å². The van der Waals surface area contributed by atoms with E-state index in [1.54, 1.807) is 4.90 Å². The predicted octanol–water partition coefficient (Wildman–Crippen LogP) is 5.75. The Bertz CT molecular complexity index is 1090. The number of allylic oxidation sites excluding steroid dienone is 1. The average molecular weight is 462 g/mol. The summed E-state index contributed by atoms with van der Waals surface area (Å²) in [5.41, 5.74) is 5.10. The predicted molar refractivity (Wildman–Crippen MR) is 136 cm³/mol. The third-order valence-corrected chi connectivity index (χ3v) is 6.46. The molecule has 2 aliphatic rings. The van der Waals surface area contributed by atoms with Crippen LogP contribution in [0, 0.1) is 12.3 Å². The second-order valence-corrected chi connectivity index (χ2v) is 9.94. The van der Waals surface area contributed by atoms with Gasteiger partial charge in [-0.05, 0) is 49.8 Å². The summed E-state index contributed by atoms with van der Waals surface area (Å²) in [5.74, 6) is 0.0891. The molecule has 6 heteroatoms. The number of Topliss-reactive ketones (excluding diaryl/α,β-unsaturated/α-hetero) is 1. The number of nitrogens with zero attached hydrogens (tertiary/aromatic N) is 1. The van der Waals surface area contributed by atoms with Crippen molar-refractivity contribution in [2.75, 3.05) is 30.0 Å². The molecule has 1 unspecified atom stereocenters. The number of aryl methyl sites for hydroxylation is 1. The first-order valence-electron chi connectivity index (χ1n) is 12.1. The standard InChI is InChI=1S/C28H35N3O3/c1-5-34-16-8-15-29-27(33)31-23-10-7-6-9-21(23)30-22-17-28(3,4)18-24(32)25(22)26(31)20-13-11-19(2)12-14-20/h6-7,9-14,26,30H,5,8,15-18H2,1-4H3,(H,29,33). The second-order valence-electron chi connectivity index (χ2n) is 9.94. The Hall–Kier alpha value is -3.12. The Labute approximate surface area is 202 Å². The highest BCUT2D eigenvalue weighted by molar-refractivity contribution is 6.06. The van der Waals surface area contributed by atoms with Gasteiger partial charge in [0.2, 0.25) is 0 Å². The van der Waals surface area contributed by atoms with Gasteiger partial charge in [0.1, 0.15) is 0 Å². The maximum absolute atomic E-state index is 13.7. The van der Waals surface area contributed by atoms with Crippen molar-refractivity contribution in [3.63, 3.8) is 0 Å². The number of ether oxygens (including phenoxy) is 1. The van der Waals surface area contributed by atoms with Gasteiger partial charge in [0.05, 0.1) is 17.4 Å². The lowest BCUT2D eigenvalue weighted by molar-refractivity contribution is -0.118. The molecule has 1 heterocycles. The Morgan fingerprint density at radius 1 is 1.15 bits per heavy atom. The van der Waals surface area contributed by atoms with Crippen molar-refractivity contribution in [1.29, 1.82) is 0 Å². The van der Waals surface area contributed by atoms with Crippen molar-refractivity contribution in [3.8, 4) is 0 Å². The zero-order valence-electron chi connectivity index (χ0n) is 20.6. The van der Waals surface area contributed by atoms with Gasteiger partial charge in [-0.1, -0.05) is 55.8 Å². The Balaban J connectivity index is 1.82. The minimum atomic E-state index is -0.512. The van der Waals surface area contributed by atoms with Gasteiger partial charge in [-0.3, -0.25) is 9.69 Å². The van der Waals surface area contributed by atoms with E-state index in [1.807, 2.05) is 62.4 Å². The Morgan fingerprint density at radius 2 is 1.88 bits per heavy atom. The first kappa shape index (κ1) is 24.0. The molecule has 2 N–H and O–H groups in total. The molecular weight excluding hydrogens is 426 g/mol. The van der Waals surface area contributed by atoms with E-state index in [4.69, 9.17) is 4.74 Å². The number of urea groups is 1. The van der Waals surface area contributed by atoms with Crippen LogP contribution in [0.3, 0.4) is 0 Å². The number of hydrogen-bond donors (Lipinski definition) is 2. The summed E-state index contributed by atoms with van der Waals surface area (Å²) < 4.78 is 5.42. The molecule has 2 aromatic carbocycles. The van der Waals surface area contributed by atoms with E-state index in [1.165, 1.54) is 0 Å². The highest BCUT2D eigenvalue weighted by atomic mass is 16.5. The van der Waals surface area contributed by atoms with Crippen molar-refractivity contribution in [1.82, 2.24) is 5.32 Å². The molecule has 180 valence electrons. The fraction of sp³-hybridized carbons (Fsp3) is 0.429. The van der Waals surface area contributed by atoms with Crippen LogP contribution in [0.4, 0.5) is 16.2 Å². The minimum absolute atomic E-state index is 0.0891. The molecule has 0 aromatic heterocycles. The zero-order valence-corrected chi connectivity index (χ0v) is 20.6. The van der Waals surface area contributed by atoms with Gasteiger partial charge in [-0.25, -0.2) is 4.79 Å². The van der Waals surface area contributed by atoms with Gasteiger partial charge in [0.25, 0.3) is 0 Å². The van der Waals surface area contributed by atoms with E-state index in [0.29, 0.717) is 31.8 Å². The molecule has 4 rings (SSSR count). The van der Waals surface area contributed by atoms with Crippen LogP contribution in [0.25, 0.3) is 0 Å². The first-order valence-corrected chi connectivity index (χ1v) is 12.1. The fourth-order valence-corrected chi connectivity index (χ4v) is 4.87. The molecule has 6 nitrogen and oxygen atoms in total. The largest absolute Gasteiger partial charge is 0.382 e. The van der Waals surface area contributed by atoms with Gasteiger partial charge in [0.15, 0.2) is 5.78 Å². The number of benzene rings is 2. The normalized spacial score (nSPS) is 19.1. The van der Waals surface area contributed by atoms with Crippen molar-refractivity contribution < 1.29 is 14.3 Å². The summed E-state index contributed by atoms with van der Waals surface area (Å²) in [6.07, 6.45) is 1.92. The summed E-state index contributed by atoms with van der Waals surface area (Å²) in [7, 11) is 0. The first-order chi connectivity index (χ1) is 16.3. The average Bonchev–Trinajstić information content (AvgIpc) is 2.93. The van der Waals surface area contributed by atoms with Crippen molar-refractivity contribution in [2.24, 2.45) is 5.41 Å². The molecule has 0 saturated carbocycles. The van der Waals surface area contributed by atoms with Gasteiger partial charge in [-0.2, -0.15) is 0 Å². The SMILES string of the molecule is CCOCCCNC(=O)N1c2ccccc2NC2=C(C(=O)CC(C)(C)C2)C1c1ccc(C)cc1. The Kier molecular flexibility index (Phi) is 7.08. The number of nitrogens with one attached hydrogen (secondary N) is 2. The molecular formula is C28H35N3O3. The fourth-order valence-electron chi connectivity index (χ4n) is 4.87. The molecule has 34 heavy (non-hydrogen) atoms. The second kappa shape index (κ2) is 10.0. The van der Waals surface area contributed by atoms with Crippen molar-refractivity contribution >= 4 is 23.2 Å². The van der Waals surface area contributed by atoms with Crippen LogP contribution in [-0.2, 0) is 9.53 Å². The maximum atomic E-state index is 13.7. The van der Waals surface area contributed by atoms with Crippen molar-refractivity contribution in [2.45, 2.75) is 53.0 Å². The number of amides is 2. The van der Waals surface area contributed by atoms with Crippen LogP contribution in [0.2, 0.25) is 0 Å². The smallest absolute Gasteiger partial charge is 0.322 e. The molecule has 1 atom stereocenters. The van der Waals surface area contributed by atoms with Crippen LogP contribution in [0.15, 0.2) is 59.8 Å². The van der Waals surface area contributed by atoms with Gasteiger partial charge >= 0.3 is 6.03 Å². The number of carbonyl (C=O) groups is 2. The summed E-state index contributed by atoms with van der Waals surface area (Å²) in [6.45, 7) is 9.99. The molecule has 0 spiro atoms. The summed E-state index contributed by atoms with van der Waals surface area (Å²) >= 11 is 0. The lowest BCUT2D eigenvalue weighted by atomic mass is 9.73. The Morgan fingerprint density at radius 3 is 2.62 bits per heavy atom. The quantitative estimate of drug-likeness (QED) is 0.538. The summed E-state index contributed by atoms with van der Waals surface area (Å²) in [4.78, 5) is 29.1. The summed E-state index contributed by atoms with van der Waals surface area (Å²) in [6, 6.07) is 15.2. The van der Waals surface area contributed by atoms with Gasteiger partial charge in [-0.15, -0.1) is 0 Å². The third-order valence-electron chi connectivity index (χ3n) is 6.46. The lowest BCUT2D eigenvalue weighted by Crippen LogP contribution is -2.45. The van der Waals surface area contributed by atoms with Crippen molar-refractivity contribution in [3.05, 3.63) is 70.9 Å². The van der Waals surface area contributed by atoms with E-state index < -0.39 is 6.04 Å². The number of fused-ring (bicyclic) bond motifs is 1. The number of anilines is 2. The highest BCUT2D eigenvalue weighted by Crippen LogP contribution is 2.48. The molecule has 2 aromatic rings. The number of hydrogen-bond acceptors (Lipinski definition) is 4. The number of para-hydroxylation sites is 2. The highest BCUT2D eigenvalue weighted by Gasteiger charge is 2.43. The number of ketones is 1. The molecule has 1 aliphatic carbocycles. The van der Waals surface area contributed by atoms with E-state index in [9.17, 15) is 9.59 Å². The van der Waals surface area contributed by atoms with E-state index in [2.05, 4.69) is 24.5 Å². The number of rotatable bonds is 6. The van der Waals surface area contributed by atoms with Crippen LogP contribution < -0.4 is 15.5 Å². The molecule has 0 bridgehead atoms. The minimum Gasteiger partial charge on any atom is -0.382 e. The lowest BCUT2D eigenvalue weighted by Gasteiger charge is -2.37. The molecule has 0 fully saturated rings. The van der Waals surface area contributed by atoms with E-state index >= 15 is 0 Å². The molecule has 1 aliphatic heterocycles. The number of carbonyl (C=O) groups excluding carboxylic acids is 2. The molecule has 2 amide bonds. The topological polar surface area (TPSA) is 70.7 Å². The monoisotopic (exact) mass is 461 g/mol.